The number of rotatable bonds is 6. The number of Topliss-reactive ketones (excluding diaryl/α,β-unsaturated/α-hetero) is 1. The summed E-state index contributed by atoms with van der Waals surface area (Å²) in [4.78, 5) is 23.4. The van der Waals surface area contributed by atoms with Crippen molar-refractivity contribution in [3.63, 3.8) is 0 Å². The van der Waals surface area contributed by atoms with Gasteiger partial charge in [-0.25, -0.2) is 0 Å². The molecule has 1 unspecified atom stereocenters. The molecule has 0 saturated heterocycles. The van der Waals surface area contributed by atoms with E-state index in [-0.39, 0.29) is 12.2 Å². The topological polar surface area (TPSA) is 80.4 Å². The van der Waals surface area contributed by atoms with Crippen molar-refractivity contribution in [1.82, 2.24) is 0 Å². The summed E-state index contributed by atoms with van der Waals surface area (Å²) in [7, 11) is 0. The van der Waals surface area contributed by atoms with Crippen LogP contribution in [0.4, 0.5) is 0 Å². The lowest BCUT2D eigenvalue weighted by Crippen LogP contribution is -2.32. The Hall–Kier alpha value is -1.33. The molecule has 0 bridgehead atoms. The van der Waals surface area contributed by atoms with Crippen LogP contribution in [0.25, 0.3) is 0 Å². The summed E-state index contributed by atoms with van der Waals surface area (Å²) in [6.07, 6.45) is -0.346. The molecule has 0 aliphatic carbocycles. The molecule has 0 aliphatic rings. The Labute approximate surface area is 111 Å². The zero-order valence-electron chi connectivity index (χ0n) is 10.4. The van der Waals surface area contributed by atoms with Crippen molar-refractivity contribution in [3.05, 3.63) is 29.8 Å². The summed E-state index contributed by atoms with van der Waals surface area (Å²) < 4.78 is 0. The zero-order chi connectivity index (χ0) is 13.7. The highest BCUT2D eigenvalue weighted by atomic mass is 32.2. The minimum Gasteiger partial charge on any atom is -0.481 e. The van der Waals surface area contributed by atoms with Gasteiger partial charge in [0, 0.05) is 15.7 Å². The second-order valence-corrected chi connectivity index (χ2v) is 5.91. The third-order valence-electron chi connectivity index (χ3n) is 2.24. The lowest BCUT2D eigenvalue weighted by Gasteiger charge is -2.09. The van der Waals surface area contributed by atoms with Crippen molar-refractivity contribution in [1.29, 1.82) is 0 Å². The van der Waals surface area contributed by atoms with E-state index < -0.39 is 12.0 Å². The maximum Gasteiger partial charge on any atom is 0.305 e. The van der Waals surface area contributed by atoms with E-state index in [9.17, 15) is 9.59 Å². The predicted molar refractivity (Wildman–Crippen MR) is 72.0 cm³/mol. The fraction of sp³-hybridized carbons (Fsp3) is 0.385. The average Bonchev–Trinajstić information content (AvgIpc) is 2.27. The van der Waals surface area contributed by atoms with Crippen LogP contribution in [0.3, 0.4) is 0 Å². The number of hydrogen-bond donors (Lipinski definition) is 2. The molecule has 0 heterocycles. The van der Waals surface area contributed by atoms with Crippen molar-refractivity contribution in [2.75, 3.05) is 0 Å². The fourth-order valence-electron chi connectivity index (χ4n) is 1.46. The van der Waals surface area contributed by atoms with Crippen LogP contribution in [-0.2, 0) is 4.79 Å². The monoisotopic (exact) mass is 267 g/mol. The third kappa shape index (κ3) is 4.50. The Bertz CT molecular complexity index is 428. The Morgan fingerprint density at radius 1 is 1.28 bits per heavy atom. The van der Waals surface area contributed by atoms with Gasteiger partial charge in [0.15, 0.2) is 5.78 Å². The van der Waals surface area contributed by atoms with Crippen molar-refractivity contribution < 1.29 is 14.7 Å². The Balaban J connectivity index is 2.72. The van der Waals surface area contributed by atoms with E-state index in [1.165, 1.54) is 0 Å². The van der Waals surface area contributed by atoms with Crippen LogP contribution in [0, 0.1) is 0 Å². The van der Waals surface area contributed by atoms with Gasteiger partial charge in [-0.15, -0.1) is 11.8 Å². The van der Waals surface area contributed by atoms with Crippen LogP contribution in [0.15, 0.2) is 29.2 Å². The minimum atomic E-state index is -1.07. The van der Waals surface area contributed by atoms with Gasteiger partial charge in [0.25, 0.3) is 0 Å². The number of benzene rings is 1. The number of carboxylic acids is 1. The van der Waals surface area contributed by atoms with Crippen molar-refractivity contribution in [2.45, 2.75) is 36.5 Å². The SMILES string of the molecule is CC(C)Sc1ccc(C(=O)C(N)CC(=O)O)cc1. The van der Waals surface area contributed by atoms with Crippen LogP contribution in [0.5, 0.6) is 0 Å². The maximum absolute atomic E-state index is 11.8. The molecule has 5 heteroatoms. The van der Waals surface area contributed by atoms with E-state index in [1.54, 1.807) is 23.9 Å². The molecule has 0 saturated carbocycles. The first-order valence-corrected chi connectivity index (χ1v) is 6.56. The van der Waals surface area contributed by atoms with E-state index in [0.29, 0.717) is 10.8 Å². The molecule has 3 N–H and O–H groups in total. The molecule has 0 amide bonds. The molecule has 0 aliphatic heterocycles. The van der Waals surface area contributed by atoms with Gasteiger partial charge in [-0.1, -0.05) is 26.0 Å². The molecule has 0 spiro atoms. The lowest BCUT2D eigenvalue weighted by molar-refractivity contribution is -0.137. The number of carboxylic acid groups (broad SMARTS) is 1. The quantitative estimate of drug-likeness (QED) is 0.610. The van der Waals surface area contributed by atoms with E-state index >= 15 is 0 Å². The summed E-state index contributed by atoms with van der Waals surface area (Å²) in [6, 6.07) is 6.10. The summed E-state index contributed by atoms with van der Waals surface area (Å²) in [6.45, 7) is 4.18. The number of ketones is 1. The second kappa shape index (κ2) is 6.56. The van der Waals surface area contributed by atoms with Gasteiger partial charge >= 0.3 is 5.97 Å². The highest BCUT2D eigenvalue weighted by molar-refractivity contribution is 7.99. The Morgan fingerprint density at radius 2 is 1.83 bits per heavy atom. The molecule has 98 valence electrons. The van der Waals surface area contributed by atoms with Crippen LogP contribution >= 0.6 is 11.8 Å². The Kier molecular flexibility index (Phi) is 5.37. The second-order valence-electron chi connectivity index (χ2n) is 4.26. The first kappa shape index (κ1) is 14.7. The molecule has 0 fully saturated rings. The molecule has 1 aromatic rings. The smallest absolute Gasteiger partial charge is 0.305 e. The van der Waals surface area contributed by atoms with Gasteiger partial charge in [0.1, 0.15) is 0 Å². The van der Waals surface area contributed by atoms with Crippen LogP contribution in [-0.4, -0.2) is 28.2 Å². The van der Waals surface area contributed by atoms with Gasteiger partial charge in [-0.3, -0.25) is 9.59 Å². The predicted octanol–water partition coefficient (Wildman–Crippen LogP) is 2.17. The molecule has 0 aromatic heterocycles. The highest BCUT2D eigenvalue weighted by Crippen LogP contribution is 2.23. The van der Waals surface area contributed by atoms with Crippen LogP contribution in [0.1, 0.15) is 30.6 Å². The largest absolute Gasteiger partial charge is 0.481 e. The number of thioether (sulfide) groups is 1. The van der Waals surface area contributed by atoms with Crippen molar-refractivity contribution in [3.8, 4) is 0 Å². The average molecular weight is 267 g/mol. The highest BCUT2D eigenvalue weighted by Gasteiger charge is 2.18. The zero-order valence-corrected chi connectivity index (χ0v) is 11.2. The molecule has 1 aromatic carbocycles. The molecular formula is C13H17NO3S. The molecule has 1 atom stereocenters. The van der Waals surface area contributed by atoms with E-state index in [1.807, 2.05) is 12.1 Å². The fourth-order valence-corrected chi connectivity index (χ4v) is 2.30. The summed E-state index contributed by atoms with van der Waals surface area (Å²) in [5, 5.41) is 9.06. The van der Waals surface area contributed by atoms with Crippen LogP contribution in [0.2, 0.25) is 0 Å². The molecular weight excluding hydrogens is 250 g/mol. The minimum absolute atomic E-state index is 0.335. The Morgan fingerprint density at radius 3 is 2.28 bits per heavy atom. The van der Waals surface area contributed by atoms with Gasteiger partial charge in [0.05, 0.1) is 12.5 Å². The van der Waals surface area contributed by atoms with E-state index in [2.05, 4.69) is 13.8 Å². The summed E-state index contributed by atoms with van der Waals surface area (Å²) in [5.74, 6) is -1.40. The van der Waals surface area contributed by atoms with Crippen molar-refractivity contribution >= 4 is 23.5 Å². The van der Waals surface area contributed by atoms with Crippen molar-refractivity contribution in [2.24, 2.45) is 5.73 Å². The van der Waals surface area contributed by atoms with E-state index in [4.69, 9.17) is 10.8 Å². The third-order valence-corrected chi connectivity index (χ3v) is 3.26. The standard InChI is InChI=1S/C13H17NO3S/c1-8(2)18-10-5-3-9(4-6-10)13(17)11(14)7-12(15)16/h3-6,8,11H,7,14H2,1-2H3,(H,15,16). The molecule has 4 nitrogen and oxygen atoms in total. The number of carbonyl (C=O) groups is 2. The number of aliphatic carboxylic acids is 1. The molecule has 18 heavy (non-hydrogen) atoms. The maximum atomic E-state index is 11.8. The number of nitrogens with two attached hydrogens (primary N) is 1. The number of hydrogen-bond acceptors (Lipinski definition) is 4. The first-order chi connectivity index (χ1) is 8.40. The van der Waals surface area contributed by atoms with Gasteiger partial charge < -0.3 is 10.8 Å². The summed E-state index contributed by atoms with van der Waals surface area (Å²) in [5.41, 5.74) is 5.99. The van der Waals surface area contributed by atoms with Crippen LogP contribution < -0.4 is 5.73 Å². The van der Waals surface area contributed by atoms with Gasteiger partial charge in [0.2, 0.25) is 0 Å². The van der Waals surface area contributed by atoms with Gasteiger partial charge in [-0.2, -0.15) is 0 Å². The van der Waals surface area contributed by atoms with E-state index in [0.717, 1.165) is 4.90 Å². The van der Waals surface area contributed by atoms with Gasteiger partial charge in [-0.05, 0) is 12.1 Å². The number of carbonyl (C=O) groups excluding carboxylic acids is 1. The normalized spacial score (nSPS) is 12.4. The lowest BCUT2D eigenvalue weighted by atomic mass is 10.0. The molecule has 0 radical (unpaired) electrons. The first-order valence-electron chi connectivity index (χ1n) is 5.68. The summed E-state index contributed by atoms with van der Waals surface area (Å²) >= 11 is 1.70. The molecule has 1 rings (SSSR count).